The van der Waals surface area contributed by atoms with Crippen LogP contribution in [0.3, 0.4) is 0 Å². The molecule has 0 aliphatic heterocycles. The third-order valence-corrected chi connectivity index (χ3v) is 8.24. The van der Waals surface area contributed by atoms with E-state index < -0.39 is 11.4 Å². The molecule has 1 atom stereocenters. The molecule has 3 aromatic heterocycles. The normalized spacial score (nSPS) is 13.9. The van der Waals surface area contributed by atoms with E-state index in [4.69, 9.17) is 5.73 Å². The fraction of sp³-hybridized carbons (Fsp3) is 0.265. The van der Waals surface area contributed by atoms with Crippen LogP contribution in [0.4, 0.5) is 15.9 Å². The van der Waals surface area contributed by atoms with Crippen molar-refractivity contribution in [2.45, 2.75) is 45.3 Å². The SMILES string of the molecule is CC(C)C(N)c1ccc(Nc2cc(-c3cccc(-n4ccc5cc(C6CC6)cc(F)c5c4=O)c3CO)cn(C)c2=O)nc1. The molecule has 0 amide bonds. The number of rotatable bonds is 8. The standard InChI is InChI=1S/C34H34FN5O3/c1-19(2)32(36)22-9-10-30(37-16-22)38-28-15-24(17-39(3)33(28)42)25-5-4-6-29(26(25)18-41)40-12-11-21-13-23(20-7-8-20)14-27(35)31(21)34(40)43/h4-6,9-17,19-20,32,41H,7-8,18,36H2,1-3H3,(H,37,38). The number of nitrogens with two attached hydrogens (primary N) is 1. The molecule has 0 radical (unpaired) electrons. The van der Waals surface area contributed by atoms with Crippen molar-refractivity contribution < 1.29 is 9.50 Å². The minimum absolute atomic E-state index is 0.0163. The largest absolute Gasteiger partial charge is 0.392 e. The molecule has 6 rings (SSSR count). The number of pyridine rings is 3. The minimum atomic E-state index is -0.540. The Bertz CT molecular complexity index is 1960. The van der Waals surface area contributed by atoms with Gasteiger partial charge in [0.25, 0.3) is 11.1 Å². The van der Waals surface area contributed by atoms with Crippen LogP contribution in [0.15, 0.2) is 82.8 Å². The van der Waals surface area contributed by atoms with Gasteiger partial charge in [-0.1, -0.05) is 38.1 Å². The molecule has 8 nitrogen and oxygen atoms in total. The third kappa shape index (κ3) is 5.37. The highest BCUT2D eigenvalue weighted by Gasteiger charge is 2.25. The van der Waals surface area contributed by atoms with Gasteiger partial charge in [0.05, 0.1) is 17.7 Å². The van der Waals surface area contributed by atoms with E-state index in [1.165, 1.54) is 15.2 Å². The van der Waals surface area contributed by atoms with E-state index >= 15 is 4.39 Å². The molecule has 0 saturated heterocycles. The topological polar surface area (TPSA) is 115 Å². The number of halogens is 1. The molecule has 5 aromatic rings. The lowest BCUT2D eigenvalue weighted by Crippen LogP contribution is -2.21. The Kier molecular flexibility index (Phi) is 7.45. The van der Waals surface area contributed by atoms with E-state index in [1.807, 2.05) is 32.0 Å². The predicted octanol–water partition coefficient (Wildman–Crippen LogP) is 5.66. The Morgan fingerprint density at radius 2 is 1.88 bits per heavy atom. The van der Waals surface area contributed by atoms with Crippen molar-refractivity contribution in [2.75, 3.05) is 5.32 Å². The van der Waals surface area contributed by atoms with Gasteiger partial charge < -0.3 is 20.7 Å². The van der Waals surface area contributed by atoms with Crippen molar-refractivity contribution in [3.8, 4) is 16.8 Å². The summed E-state index contributed by atoms with van der Waals surface area (Å²) in [5.41, 5.74) is 9.75. The molecule has 1 aliphatic carbocycles. The molecule has 3 heterocycles. The summed E-state index contributed by atoms with van der Waals surface area (Å²) >= 11 is 0. The third-order valence-electron chi connectivity index (χ3n) is 8.24. The van der Waals surface area contributed by atoms with Crippen molar-refractivity contribution in [1.82, 2.24) is 14.1 Å². The molecule has 220 valence electrons. The van der Waals surface area contributed by atoms with E-state index in [1.54, 1.807) is 56.0 Å². The number of nitrogens with one attached hydrogen (secondary N) is 1. The van der Waals surface area contributed by atoms with Crippen LogP contribution in [0.25, 0.3) is 27.6 Å². The van der Waals surface area contributed by atoms with Crippen LogP contribution < -0.4 is 22.2 Å². The van der Waals surface area contributed by atoms with E-state index in [0.717, 1.165) is 24.0 Å². The number of benzene rings is 2. The number of anilines is 2. The molecule has 43 heavy (non-hydrogen) atoms. The number of nitrogens with zero attached hydrogens (tertiary/aromatic N) is 3. The summed E-state index contributed by atoms with van der Waals surface area (Å²) < 4.78 is 18.0. The second kappa shape index (κ2) is 11.2. The number of aromatic nitrogens is 3. The van der Waals surface area contributed by atoms with Crippen molar-refractivity contribution in [3.05, 3.63) is 116 Å². The Morgan fingerprint density at radius 1 is 1.09 bits per heavy atom. The first-order valence-electron chi connectivity index (χ1n) is 14.4. The van der Waals surface area contributed by atoms with Crippen LogP contribution in [-0.4, -0.2) is 19.2 Å². The van der Waals surface area contributed by atoms with Gasteiger partial charge in [-0.2, -0.15) is 0 Å². The predicted molar refractivity (Wildman–Crippen MR) is 167 cm³/mol. The quantitative estimate of drug-likeness (QED) is 0.219. The molecule has 1 saturated carbocycles. The van der Waals surface area contributed by atoms with Gasteiger partial charge in [0.1, 0.15) is 17.3 Å². The lowest BCUT2D eigenvalue weighted by molar-refractivity contribution is 0.282. The van der Waals surface area contributed by atoms with Crippen LogP contribution in [0.2, 0.25) is 0 Å². The zero-order valence-corrected chi connectivity index (χ0v) is 24.3. The molecule has 1 unspecified atom stereocenters. The molecule has 0 bridgehead atoms. The molecule has 4 N–H and O–H groups in total. The van der Waals surface area contributed by atoms with Crippen molar-refractivity contribution >= 4 is 22.3 Å². The fourth-order valence-electron chi connectivity index (χ4n) is 5.58. The summed E-state index contributed by atoms with van der Waals surface area (Å²) in [4.78, 5) is 31.1. The van der Waals surface area contributed by atoms with E-state index in [-0.39, 0.29) is 29.5 Å². The summed E-state index contributed by atoms with van der Waals surface area (Å²) in [5, 5.41) is 14.2. The van der Waals surface area contributed by atoms with Gasteiger partial charge in [0.15, 0.2) is 0 Å². The van der Waals surface area contributed by atoms with E-state index in [9.17, 15) is 14.7 Å². The van der Waals surface area contributed by atoms with Crippen molar-refractivity contribution in [3.63, 3.8) is 0 Å². The van der Waals surface area contributed by atoms with Gasteiger partial charge in [-0.05, 0) is 77.1 Å². The van der Waals surface area contributed by atoms with Crippen LogP contribution in [-0.2, 0) is 13.7 Å². The number of fused-ring (bicyclic) bond motifs is 1. The maximum Gasteiger partial charge on any atom is 0.274 e. The van der Waals surface area contributed by atoms with Crippen molar-refractivity contribution in [2.24, 2.45) is 18.7 Å². The Hall–Kier alpha value is -4.60. The smallest absolute Gasteiger partial charge is 0.274 e. The van der Waals surface area contributed by atoms with Gasteiger partial charge in [0, 0.05) is 42.8 Å². The molecule has 0 spiro atoms. The average molecular weight is 580 g/mol. The molecular weight excluding hydrogens is 545 g/mol. The molecule has 1 fully saturated rings. The average Bonchev–Trinajstić information content (AvgIpc) is 3.85. The first-order valence-corrected chi connectivity index (χ1v) is 14.4. The summed E-state index contributed by atoms with van der Waals surface area (Å²) in [6, 6.07) is 15.6. The molecule has 2 aromatic carbocycles. The molecule has 9 heteroatoms. The first-order chi connectivity index (χ1) is 20.7. The van der Waals surface area contributed by atoms with Crippen LogP contribution in [0.5, 0.6) is 0 Å². The minimum Gasteiger partial charge on any atom is -0.392 e. The maximum absolute atomic E-state index is 15.2. The number of hydrogen-bond donors (Lipinski definition) is 3. The van der Waals surface area contributed by atoms with Gasteiger partial charge in [0.2, 0.25) is 0 Å². The fourth-order valence-corrected chi connectivity index (χ4v) is 5.58. The summed E-state index contributed by atoms with van der Waals surface area (Å²) in [6.45, 7) is 3.70. The number of aliphatic hydroxyl groups is 1. The summed E-state index contributed by atoms with van der Waals surface area (Å²) in [6.07, 6.45) is 7.06. The van der Waals surface area contributed by atoms with Gasteiger partial charge in [-0.15, -0.1) is 0 Å². The number of aliphatic hydroxyl groups excluding tert-OH is 1. The Labute approximate surface area is 248 Å². The lowest BCUT2D eigenvalue weighted by atomic mass is 9.98. The van der Waals surface area contributed by atoms with E-state index in [0.29, 0.717) is 45.2 Å². The summed E-state index contributed by atoms with van der Waals surface area (Å²) in [5.74, 6) is 0.561. The first kappa shape index (κ1) is 28.5. The van der Waals surface area contributed by atoms with Gasteiger partial charge >= 0.3 is 0 Å². The second-order valence-electron chi connectivity index (χ2n) is 11.6. The van der Waals surface area contributed by atoms with Crippen LogP contribution in [0, 0.1) is 11.7 Å². The van der Waals surface area contributed by atoms with Gasteiger partial charge in [-0.25, -0.2) is 9.37 Å². The maximum atomic E-state index is 15.2. The van der Waals surface area contributed by atoms with Crippen LogP contribution >= 0.6 is 0 Å². The molecule has 1 aliphatic rings. The lowest BCUT2D eigenvalue weighted by Gasteiger charge is -2.18. The monoisotopic (exact) mass is 579 g/mol. The number of aryl methyl sites for hydroxylation is 1. The zero-order valence-electron chi connectivity index (χ0n) is 24.3. The summed E-state index contributed by atoms with van der Waals surface area (Å²) in [7, 11) is 1.64. The highest BCUT2D eigenvalue weighted by atomic mass is 19.1. The molecular formula is C34H34FN5O3. The Morgan fingerprint density at radius 3 is 2.56 bits per heavy atom. The second-order valence-corrected chi connectivity index (χ2v) is 11.6. The highest BCUT2D eigenvalue weighted by Crippen LogP contribution is 2.41. The van der Waals surface area contributed by atoms with Crippen LogP contribution in [0.1, 0.15) is 55.3 Å². The Balaban J connectivity index is 1.40. The van der Waals surface area contributed by atoms with Gasteiger partial charge in [-0.3, -0.25) is 14.2 Å². The number of hydrogen-bond acceptors (Lipinski definition) is 6. The zero-order chi connectivity index (χ0) is 30.4. The highest BCUT2D eigenvalue weighted by molar-refractivity contribution is 5.84. The van der Waals surface area contributed by atoms with E-state index in [2.05, 4.69) is 10.3 Å². The van der Waals surface area contributed by atoms with Crippen molar-refractivity contribution in [1.29, 1.82) is 0 Å².